The summed E-state index contributed by atoms with van der Waals surface area (Å²) in [5.41, 5.74) is 2.51. The van der Waals surface area contributed by atoms with Crippen molar-refractivity contribution in [3.63, 3.8) is 0 Å². The summed E-state index contributed by atoms with van der Waals surface area (Å²) in [6.07, 6.45) is 0. The summed E-state index contributed by atoms with van der Waals surface area (Å²) in [5, 5.41) is 9.21. The highest BCUT2D eigenvalue weighted by Crippen LogP contribution is 2.28. The molecular formula is C15H18N2O. The van der Waals surface area contributed by atoms with Gasteiger partial charge in [0.2, 0.25) is 5.90 Å². The monoisotopic (exact) mass is 242 g/mol. The molecule has 0 radical (unpaired) electrons. The molecule has 0 unspecified atom stereocenters. The Hall–Kier alpha value is -1.82. The van der Waals surface area contributed by atoms with E-state index in [1.165, 1.54) is 0 Å². The van der Waals surface area contributed by atoms with E-state index in [-0.39, 0.29) is 11.5 Å². The number of benzene rings is 1. The predicted molar refractivity (Wildman–Crippen MR) is 71.8 cm³/mol. The first-order chi connectivity index (χ1) is 8.44. The van der Waals surface area contributed by atoms with Crippen LogP contribution in [-0.2, 0) is 4.74 Å². The number of ether oxygens (including phenoxy) is 1. The standard InChI is InChI=1S/C15H18N2O/c1-10(2)13-11(8-16)6-5-7-12(13)14-17-15(3,4)9-18-14/h5-7,10H,9H2,1-4H3. The van der Waals surface area contributed by atoms with Crippen molar-refractivity contribution in [2.75, 3.05) is 6.61 Å². The van der Waals surface area contributed by atoms with Crippen molar-refractivity contribution in [2.24, 2.45) is 4.99 Å². The van der Waals surface area contributed by atoms with Crippen molar-refractivity contribution in [2.45, 2.75) is 39.2 Å². The Bertz CT molecular complexity index is 536. The molecule has 0 saturated carbocycles. The van der Waals surface area contributed by atoms with Crippen LogP contribution in [0.2, 0.25) is 0 Å². The Morgan fingerprint density at radius 3 is 2.61 bits per heavy atom. The predicted octanol–water partition coefficient (Wildman–Crippen LogP) is 3.24. The average molecular weight is 242 g/mol. The van der Waals surface area contributed by atoms with E-state index in [0.29, 0.717) is 18.1 Å². The number of nitrogens with zero attached hydrogens (tertiary/aromatic N) is 2. The van der Waals surface area contributed by atoms with Crippen LogP contribution in [0.25, 0.3) is 0 Å². The minimum Gasteiger partial charge on any atom is -0.475 e. The lowest BCUT2D eigenvalue weighted by Gasteiger charge is -2.13. The molecule has 0 fully saturated rings. The molecule has 0 saturated heterocycles. The van der Waals surface area contributed by atoms with Gasteiger partial charge in [0.15, 0.2) is 0 Å². The van der Waals surface area contributed by atoms with E-state index >= 15 is 0 Å². The molecule has 1 aromatic carbocycles. The average Bonchev–Trinajstić information content (AvgIpc) is 2.68. The number of nitriles is 1. The highest BCUT2D eigenvalue weighted by Gasteiger charge is 2.29. The normalized spacial score (nSPS) is 17.2. The third kappa shape index (κ3) is 2.24. The summed E-state index contributed by atoms with van der Waals surface area (Å²) in [6.45, 7) is 8.85. The Morgan fingerprint density at radius 2 is 2.11 bits per heavy atom. The Kier molecular flexibility index (Phi) is 3.13. The minimum absolute atomic E-state index is 0.174. The summed E-state index contributed by atoms with van der Waals surface area (Å²) < 4.78 is 5.69. The van der Waals surface area contributed by atoms with E-state index in [1.54, 1.807) is 0 Å². The van der Waals surface area contributed by atoms with Gasteiger partial charge in [-0.25, -0.2) is 4.99 Å². The molecule has 1 aliphatic heterocycles. The molecule has 18 heavy (non-hydrogen) atoms. The van der Waals surface area contributed by atoms with Crippen LogP contribution in [0.3, 0.4) is 0 Å². The third-order valence-electron chi connectivity index (χ3n) is 3.00. The second-order valence-corrected chi connectivity index (χ2v) is 5.55. The van der Waals surface area contributed by atoms with Crippen LogP contribution in [0.15, 0.2) is 23.2 Å². The summed E-state index contributed by atoms with van der Waals surface area (Å²) in [6, 6.07) is 7.97. The van der Waals surface area contributed by atoms with Gasteiger partial charge in [-0.2, -0.15) is 5.26 Å². The fourth-order valence-corrected chi connectivity index (χ4v) is 2.19. The number of hydrogen-bond donors (Lipinski definition) is 0. The van der Waals surface area contributed by atoms with E-state index in [4.69, 9.17) is 4.74 Å². The van der Waals surface area contributed by atoms with Crippen LogP contribution in [0.5, 0.6) is 0 Å². The van der Waals surface area contributed by atoms with Crippen LogP contribution in [0, 0.1) is 11.3 Å². The van der Waals surface area contributed by atoms with Gasteiger partial charge in [0.05, 0.1) is 17.2 Å². The van der Waals surface area contributed by atoms with Crippen molar-refractivity contribution in [1.82, 2.24) is 0 Å². The van der Waals surface area contributed by atoms with Crippen LogP contribution < -0.4 is 0 Å². The van der Waals surface area contributed by atoms with Crippen molar-refractivity contribution >= 4 is 5.90 Å². The highest BCUT2D eigenvalue weighted by molar-refractivity contribution is 5.97. The molecule has 3 heteroatoms. The third-order valence-corrected chi connectivity index (χ3v) is 3.00. The lowest BCUT2D eigenvalue weighted by molar-refractivity contribution is 0.279. The smallest absolute Gasteiger partial charge is 0.217 e. The molecule has 0 N–H and O–H groups in total. The van der Waals surface area contributed by atoms with Crippen LogP contribution in [0.1, 0.15) is 50.3 Å². The first-order valence-electron chi connectivity index (χ1n) is 6.20. The molecule has 1 heterocycles. The van der Waals surface area contributed by atoms with Gasteiger partial charge in [0.25, 0.3) is 0 Å². The molecule has 0 aromatic heterocycles. The molecule has 0 amide bonds. The van der Waals surface area contributed by atoms with Crippen molar-refractivity contribution in [1.29, 1.82) is 5.26 Å². The Labute approximate surface area is 108 Å². The number of hydrogen-bond acceptors (Lipinski definition) is 3. The molecule has 0 aliphatic carbocycles. The minimum atomic E-state index is -0.174. The summed E-state index contributed by atoms with van der Waals surface area (Å²) in [4.78, 5) is 4.59. The summed E-state index contributed by atoms with van der Waals surface area (Å²) >= 11 is 0. The topological polar surface area (TPSA) is 45.4 Å². The molecule has 0 atom stereocenters. The summed E-state index contributed by atoms with van der Waals surface area (Å²) in [5.74, 6) is 0.937. The van der Waals surface area contributed by atoms with Gasteiger partial charge in [0, 0.05) is 5.56 Å². The van der Waals surface area contributed by atoms with E-state index in [9.17, 15) is 5.26 Å². The quantitative estimate of drug-likeness (QED) is 0.799. The van der Waals surface area contributed by atoms with Crippen molar-refractivity contribution in [3.8, 4) is 6.07 Å². The van der Waals surface area contributed by atoms with Gasteiger partial charge in [-0.1, -0.05) is 19.9 Å². The van der Waals surface area contributed by atoms with Gasteiger partial charge < -0.3 is 4.74 Å². The largest absolute Gasteiger partial charge is 0.475 e. The molecule has 2 rings (SSSR count). The lowest BCUT2D eigenvalue weighted by Crippen LogP contribution is -2.17. The molecule has 0 bridgehead atoms. The van der Waals surface area contributed by atoms with Crippen LogP contribution in [-0.4, -0.2) is 18.0 Å². The zero-order valence-corrected chi connectivity index (χ0v) is 11.3. The molecule has 3 nitrogen and oxygen atoms in total. The molecule has 94 valence electrons. The molecule has 1 aromatic rings. The van der Waals surface area contributed by atoms with E-state index in [0.717, 1.165) is 11.1 Å². The maximum absolute atomic E-state index is 9.21. The second-order valence-electron chi connectivity index (χ2n) is 5.55. The molecule has 0 spiro atoms. The van der Waals surface area contributed by atoms with Crippen molar-refractivity contribution in [3.05, 3.63) is 34.9 Å². The first-order valence-corrected chi connectivity index (χ1v) is 6.20. The van der Waals surface area contributed by atoms with Crippen LogP contribution >= 0.6 is 0 Å². The van der Waals surface area contributed by atoms with Gasteiger partial charge >= 0.3 is 0 Å². The highest BCUT2D eigenvalue weighted by atomic mass is 16.5. The molecule has 1 aliphatic rings. The maximum Gasteiger partial charge on any atom is 0.217 e. The first kappa shape index (κ1) is 12.6. The fraction of sp³-hybridized carbons (Fsp3) is 0.467. The Morgan fingerprint density at radius 1 is 1.39 bits per heavy atom. The number of rotatable bonds is 2. The second kappa shape index (κ2) is 4.45. The van der Waals surface area contributed by atoms with Gasteiger partial charge in [-0.3, -0.25) is 0 Å². The van der Waals surface area contributed by atoms with Crippen molar-refractivity contribution < 1.29 is 4.74 Å². The van der Waals surface area contributed by atoms with Gasteiger partial charge in [-0.05, 0) is 37.5 Å². The summed E-state index contributed by atoms with van der Waals surface area (Å²) in [7, 11) is 0. The number of aliphatic imine (C=N–C) groups is 1. The van der Waals surface area contributed by atoms with E-state index in [1.807, 2.05) is 32.0 Å². The van der Waals surface area contributed by atoms with E-state index < -0.39 is 0 Å². The fourth-order valence-electron chi connectivity index (χ4n) is 2.19. The van der Waals surface area contributed by atoms with E-state index in [2.05, 4.69) is 24.9 Å². The van der Waals surface area contributed by atoms with Crippen LogP contribution in [0.4, 0.5) is 0 Å². The molecular weight excluding hydrogens is 224 g/mol. The Balaban J connectivity index is 2.56. The lowest BCUT2D eigenvalue weighted by atomic mass is 9.92. The van der Waals surface area contributed by atoms with Gasteiger partial charge in [0.1, 0.15) is 6.61 Å². The zero-order chi connectivity index (χ0) is 13.3. The maximum atomic E-state index is 9.21. The SMILES string of the molecule is CC(C)c1c(C#N)cccc1C1=NC(C)(C)CO1. The van der Waals surface area contributed by atoms with Gasteiger partial charge in [-0.15, -0.1) is 0 Å². The zero-order valence-electron chi connectivity index (χ0n) is 11.3.